The largest absolute Gasteiger partial charge is 0.484 e. The first-order valence-corrected chi connectivity index (χ1v) is 10.0. The Balaban J connectivity index is 1.57. The number of hydrogen-bond acceptors (Lipinski definition) is 8. The smallest absolute Gasteiger partial charge is 0.167 e. The van der Waals surface area contributed by atoms with E-state index in [2.05, 4.69) is 20.0 Å². The van der Waals surface area contributed by atoms with Crippen LogP contribution >= 0.6 is 0 Å². The zero-order chi connectivity index (χ0) is 22.0. The summed E-state index contributed by atoms with van der Waals surface area (Å²) in [6, 6.07) is 4.40. The van der Waals surface area contributed by atoms with Crippen LogP contribution in [0.3, 0.4) is 0 Å². The van der Waals surface area contributed by atoms with Crippen molar-refractivity contribution in [2.75, 3.05) is 36.8 Å². The van der Waals surface area contributed by atoms with Crippen molar-refractivity contribution in [1.82, 2.24) is 9.97 Å². The Kier molecular flexibility index (Phi) is 5.53. The van der Waals surface area contributed by atoms with Gasteiger partial charge in [0.25, 0.3) is 0 Å². The zero-order valence-electron chi connectivity index (χ0n) is 17.3. The molecule has 1 aliphatic carbocycles. The highest BCUT2D eigenvalue weighted by Gasteiger charge is 2.40. The minimum Gasteiger partial charge on any atom is -0.484 e. The van der Waals surface area contributed by atoms with E-state index >= 15 is 0 Å². The molecule has 1 fully saturated rings. The molecular weight excluding hydrogens is 399 g/mol. The van der Waals surface area contributed by atoms with Crippen LogP contribution in [0.4, 0.5) is 15.9 Å². The van der Waals surface area contributed by atoms with Crippen LogP contribution in [0, 0.1) is 11.2 Å². The van der Waals surface area contributed by atoms with Gasteiger partial charge in [0.2, 0.25) is 0 Å². The minimum absolute atomic E-state index is 0.0746. The van der Waals surface area contributed by atoms with Crippen molar-refractivity contribution in [3.63, 3.8) is 0 Å². The monoisotopic (exact) mass is 424 g/mol. The van der Waals surface area contributed by atoms with Crippen molar-refractivity contribution in [3.05, 3.63) is 41.6 Å². The fraction of sp³-hybridized carbons (Fsp3) is 0.381. The van der Waals surface area contributed by atoms with E-state index < -0.39 is 5.82 Å². The Bertz CT molecular complexity index is 1060. The van der Waals surface area contributed by atoms with Gasteiger partial charge in [-0.3, -0.25) is 15.4 Å². The third kappa shape index (κ3) is 4.62. The Labute approximate surface area is 179 Å². The number of benzene rings is 1. The number of rotatable bonds is 7. The lowest BCUT2D eigenvalue weighted by Crippen LogP contribution is -2.38. The summed E-state index contributed by atoms with van der Waals surface area (Å²) in [5.74, 6) is 0.230. The van der Waals surface area contributed by atoms with Gasteiger partial charge in [-0.1, -0.05) is 0 Å². The van der Waals surface area contributed by atoms with Crippen LogP contribution in [-0.4, -0.2) is 59.5 Å². The van der Waals surface area contributed by atoms with Gasteiger partial charge in [0.05, 0.1) is 43.1 Å². The third-order valence-corrected chi connectivity index (χ3v) is 5.37. The van der Waals surface area contributed by atoms with Crippen LogP contribution in [-0.2, 0) is 0 Å². The van der Waals surface area contributed by atoms with E-state index in [4.69, 9.17) is 21.6 Å². The third-order valence-electron chi connectivity index (χ3n) is 5.37. The number of nitrogens with one attached hydrogen (secondary N) is 1. The van der Waals surface area contributed by atoms with Crippen LogP contribution in [0.15, 0.2) is 34.5 Å². The molecule has 2 aromatic rings. The first-order valence-electron chi connectivity index (χ1n) is 10.0. The number of aromatic nitrogens is 2. The maximum Gasteiger partial charge on any atom is 0.167 e. The number of nitrogen functional groups attached to an aromatic ring is 1. The fourth-order valence-corrected chi connectivity index (χ4v) is 3.33. The topological polar surface area (TPSA) is 139 Å². The SMILES string of the molecule is CC1(Oc2cc(C(=N)c3cc(N4CCN=C(CN=CN)C4)ncn3)c(N)cc2F)CC1. The van der Waals surface area contributed by atoms with Gasteiger partial charge in [-0.25, -0.2) is 14.4 Å². The molecule has 0 radical (unpaired) electrons. The van der Waals surface area contributed by atoms with Crippen LogP contribution < -0.4 is 21.1 Å². The van der Waals surface area contributed by atoms with Crippen molar-refractivity contribution < 1.29 is 9.13 Å². The Morgan fingerprint density at radius 1 is 1.35 bits per heavy atom. The average Bonchev–Trinajstić information content (AvgIpc) is 3.51. The fourth-order valence-electron chi connectivity index (χ4n) is 3.33. The first kappa shape index (κ1) is 20.7. The summed E-state index contributed by atoms with van der Waals surface area (Å²) in [7, 11) is 0. The standard InChI is InChI=1S/C21H25FN8O/c1-21(2-3-21)31-18-6-14(16(24)7-15(18)22)20(25)17-8-19(29-12-28-17)30-5-4-27-13(10-30)9-26-11-23/h6-8,11-12,25H,2-5,9-10,24H2,1H3,(H2,23,26). The maximum absolute atomic E-state index is 14.3. The molecule has 2 heterocycles. The molecule has 31 heavy (non-hydrogen) atoms. The van der Waals surface area contributed by atoms with Crippen molar-refractivity contribution in [2.45, 2.75) is 25.4 Å². The second kappa shape index (κ2) is 8.29. The molecule has 0 atom stereocenters. The van der Waals surface area contributed by atoms with Crippen LogP contribution in [0.5, 0.6) is 5.75 Å². The van der Waals surface area contributed by atoms with Crippen molar-refractivity contribution in [3.8, 4) is 5.75 Å². The lowest BCUT2D eigenvalue weighted by atomic mass is 10.0. The van der Waals surface area contributed by atoms with Gasteiger partial charge >= 0.3 is 0 Å². The second-order valence-electron chi connectivity index (χ2n) is 7.92. The molecule has 0 saturated heterocycles. The molecule has 10 heteroatoms. The van der Waals surface area contributed by atoms with E-state index in [-0.39, 0.29) is 22.7 Å². The molecule has 1 aromatic carbocycles. The Morgan fingerprint density at radius 2 is 2.16 bits per heavy atom. The molecule has 4 rings (SSSR count). The summed E-state index contributed by atoms with van der Waals surface area (Å²) < 4.78 is 20.1. The molecule has 1 aromatic heterocycles. The molecular formula is C21H25FN8O. The van der Waals surface area contributed by atoms with Crippen molar-refractivity contribution >= 4 is 29.3 Å². The molecule has 9 nitrogen and oxygen atoms in total. The molecule has 1 saturated carbocycles. The highest BCUT2D eigenvalue weighted by molar-refractivity contribution is 6.13. The van der Waals surface area contributed by atoms with Gasteiger partial charge < -0.3 is 21.1 Å². The van der Waals surface area contributed by atoms with Crippen LogP contribution in [0.25, 0.3) is 0 Å². The van der Waals surface area contributed by atoms with Crippen molar-refractivity contribution in [2.24, 2.45) is 15.7 Å². The number of halogens is 1. The van der Waals surface area contributed by atoms with Gasteiger partial charge in [-0.15, -0.1) is 0 Å². The molecule has 2 aliphatic rings. The molecule has 0 amide bonds. The number of nitrogens with zero attached hydrogens (tertiary/aromatic N) is 5. The average molecular weight is 424 g/mol. The first-order chi connectivity index (χ1) is 14.9. The lowest BCUT2D eigenvalue weighted by Gasteiger charge is -2.27. The summed E-state index contributed by atoms with van der Waals surface area (Å²) in [5.41, 5.74) is 12.9. The molecule has 1 aliphatic heterocycles. The summed E-state index contributed by atoms with van der Waals surface area (Å²) in [6.07, 6.45) is 4.42. The number of anilines is 2. The van der Waals surface area contributed by atoms with E-state index in [1.807, 2.05) is 11.8 Å². The number of ether oxygens (including phenoxy) is 1. The van der Waals surface area contributed by atoms with Crippen molar-refractivity contribution in [1.29, 1.82) is 5.41 Å². The maximum atomic E-state index is 14.3. The van der Waals surface area contributed by atoms with Gasteiger partial charge in [-0.05, 0) is 25.8 Å². The highest BCUT2D eigenvalue weighted by Crippen LogP contribution is 2.41. The quantitative estimate of drug-likeness (QED) is 0.352. The lowest BCUT2D eigenvalue weighted by molar-refractivity contribution is 0.191. The summed E-state index contributed by atoms with van der Waals surface area (Å²) in [5, 5.41) is 8.64. The van der Waals surface area contributed by atoms with Crippen LogP contribution in [0.1, 0.15) is 31.0 Å². The summed E-state index contributed by atoms with van der Waals surface area (Å²) in [6.45, 7) is 4.25. The summed E-state index contributed by atoms with van der Waals surface area (Å²) >= 11 is 0. The Hall–Kier alpha value is -3.56. The molecule has 0 bridgehead atoms. The van der Waals surface area contributed by atoms with E-state index in [0.29, 0.717) is 43.3 Å². The molecule has 0 unspecified atom stereocenters. The number of aliphatic imine (C=N–C) groups is 2. The van der Waals surface area contributed by atoms with E-state index in [0.717, 1.165) is 18.6 Å². The predicted octanol–water partition coefficient (Wildman–Crippen LogP) is 1.79. The molecule has 0 spiro atoms. The zero-order valence-corrected chi connectivity index (χ0v) is 17.3. The normalized spacial score (nSPS) is 17.5. The van der Waals surface area contributed by atoms with Gasteiger partial charge in [0.1, 0.15) is 17.7 Å². The van der Waals surface area contributed by atoms with E-state index in [1.165, 1.54) is 24.8 Å². The second-order valence-corrected chi connectivity index (χ2v) is 7.92. The highest BCUT2D eigenvalue weighted by atomic mass is 19.1. The van der Waals surface area contributed by atoms with Crippen LogP contribution in [0.2, 0.25) is 0 Å². The van der Waals surface area contributed by atoms with Gasteiger partial charge in [0, 0.05) is 29.9 Å². The number of nitrogens with two attached hydrogens (primary N) is 2. The summed E-state index contributed by atoms with van der Waals surface area (Å²) in [4.78, 5) is 19.1. The van der Waals surface area contributed by atoms with E-state index in [9.17, 15) is 4.39 Å². The Morgan fingerprint density at radius 3 is 2.90 bits per heavy atom. The minimum atomic E-state index is -0.536. The van der Waals surface area contributed by atoms with E-state index in [1.54, 1.807) is 6.07 Å². The number of hydrogen-bond donors (Lipinski definition) is 3. The molecule has 162 valence electrons. The van der Waals surface area contributed by atoms with Gasteiger partial charge in [0.15, 0.2) is 11.6 Å². The molecule has 5 N–H and O–H groups in total. The van der Waals surface area contributed by atoms with Gasteiger partial charge in [-0.2, -0.15) is 0 Å². The predicted molar refractivity (Wildman–Crippen MR) is 119 cm³/mol.